The summed E-state index contributed by atoms with van der Waals surface area (Å²) in [5.41, 5.74) is 0.909. The van der Waals surface area contributed by atoms with Crippen molar-refractivity contribution in [2.45, 2.75) is 25.4 Å². The van der Waals surface area contributed by atoms with Gasteiger partial charge in [-0.3, -0.25) is 9.59 Å². The summed E-state index contributed by atoms with van der Waals surface area (Å²) in [6.45, 7) is 1.66. The summed E-state index contributed by atoms with van der Waals surface area (Å²) >= 11 is 0. The van der Waals surface area contributed by atoms with Crippen LogP contribution in [0.15, 0.2) is 54.6 Å². The van der Waals surface area contributed by atoms with E-state index in [0.717, 1.165) is 0 Å². The van der Waals surface area contributed by atoms with Crippen LogP contribution in [-0.2, 0) is 9.59 Å². The molecule has 2 aromatic rings. The summed E-state index contributed by atoms with van der Waals surface area (Å²) in [4.78, 5) is 36.5. The van der Waals surface area contributed by atoms with Crippen LogP contribution in [0.3, 0.4) is 0 Å². The highest BCUT2D eigenvalue weighted by Gasteiger charge is 2.27. The van der Waals surface area contributed by atoms with Crippen molar-refractivity contribution in [2.75, 3.05) is 7.11 Å². The van der Waals surface area contributed by atoms with Crippen molar-refractivity contribution in [3.05, 3.63) is 65.7 Å². The number of ether oxygens (including phenoxy) is 1. The second-order valence-corrected chi connectivity index (χ2v) is 5.85. The third-order valence-corrected chi connectivity index (χ3v) is 4.05. The number of carbonyl (C=O) groups excluding carboxylic acids is 2. The summed E-state index contributed by atoms with van der Waals surface area (Å²) in [6, 6.07) is 13.1. The smallest absolute Gasteiger partial charge is 0.326 e. The standard InChI is InChI=1S/C20H22N2O5/c1-3-16(20(25)26)21-19(24)17(13-7-5-4-6-8-13)22-18(23)14-9-11-15(27-2)12-10-14/h4-12,16-17H,3H2,1-2H3,(H,21,24)(H,22,23)(H,25,26). The molecule has 2 unspecified atom stereocenters. The van der Waals surface area contributed by atoms with E-state index in [0.29, 0.717) is 16.9 Å². The molecule has 2 atom stereocenters. The predicted molar refractivity (Wildman–Crippen MR) is 99.5 cm³/mol. The molecule has 0 fully saturated rings. The van der Waals surface area contributed by atoms with E-state index in [1.54, 1.807) is 61.5 Å². The average molecular weight is 370 g/mol. The van der Waals surface area contributed by atoms with E-state index in [2.05, 4.69) is 10.6 Å². The van der Waals surface area contributed by atoms with Gasteiger partial charge < -0.3 is 20.5 Å². The number of hydrogen-bond acceptors (Lipinski definition) is 4. The Bertz CT molecular complexity index is 790. The molecular weight excluding hydrogens is 348 g/mol. The van der Waals surface area contributed by atoms with Crippen molar-refractivity contribution < 1.29 is 24.2 Å². The minimum atomic E-state index is -1.13. The Labute approximate surface area is 157 Å². The molecule has 0 radical (unpaired) electrons. The van der Waals surface area contributed by atoms with Crippen LogP contribution >= 0.6 is 0 Å². The number of carbonyl (C=O) groups is 3. The SMILES string of the molecule is CCC(NC(=O)C(NC(=O)c1ccc(OC)cc1)c1ccccc1)C(=O)O. The van der Waals surface area contributed by atoms with Crippen LogP contribution in [0.4, 0.5) is 0 Å². The van der Waals surface area contributed by atoms with E-state index in [1.807, 2.05) is 0 Å². The summed E-state index contributed by atoms with van der Waals surface area (Å²) < 4.78 is 5.06. The molecular formula is C20H22N2O5. The van der Waals surface area contributed by atoms with Gasteiger partial charge in [-0.15, -0.1) is 0 Å². The fraction of sp³-hybridized carbons (Fsp3) is 0.250. The molecule has 7 nitrogen and oxygen atoms in total. The van der Waals surface area contributed by atoms with E-state index >= 15 is 0 Å². The van der Waals surface area contributed by atoms with E-state index in [-0.39, 0.29) is 6.42 Å². The lowest BCUT2D eigenvalue weighted by molar-refractivity contribution is -0.142. The van der Waals surface area contributed by atoms with Crippen LogP contribution < -0.4 is 15.4 Å². The maximum atomic E-state index is 12.7. The molecule has 2 aromatic carbocycles. The zero-order valence-corrected chi connectivity index (χ0v) is 15.1. The lowest BCUT2D eigenvalue weighted by atomic mass is 10.0. The minimum Gasteiger partial charge on any atom is -0.497 e. The summed E-state index contributed by atoms with van der Waals surface area (Å²) in [5.74, 6) is -1.56. The second-order valence-electron chi connectivity index (χ2n) is 5.85. The van der Waals surface area contributed by atoms with Gasteiger partial charge >= 0.3 is 5.97 Å². The van der Waals surface area contributed by atoms with Gasteiger partial charge in [-0.1, -0.05) is 37.3 Å². The first-order chi connectivity index (χ1) is 13.0. The largest absolute Gasteiger partial charge is 0.497 e. The molecule has 0 spiro atoms. The Balaban J connectivity index is 2.23. The van der Waals surface area contributed by atoms with E-state index < -0.39 is 29.9 Å². The zero-order valence-electron chi connectivity index (χ0n) is 15.1. The van der Waals surface area contributed by atoms with Crippen LogP contribution in [0.5, 0.6) is 5.75 Å². The van der Waals surface area contributed by atoms with Gasteiger partial charge in [-0.2, -0.15) is 0 Å². The van der Waals surface area contributed by atoms with Gasteiger partial charge in [0, 0.05) is 5.56 Å². The maximum absolute atomic E-state index is 12.7. The number of carboxylic acids is 1. The fourth-order valence-corrected chi connectivity index (χ4v) is 2.50. The molecule has 0 aliphatic heterocycles. The molecule has 3 N–H and O–H groups in total. The molecule has 0 saturated heterocycles. The molecule has 0 heterocycles. The highest BCUT2D eigenvalue weighted by atomic mass is 16.5. The number of aliphatic carboxylic acids is 1. The Morgan fingerprint density at radius 2 is 1.63 bits per heavy atom. The lowest BCUT2D eigenvalue weighted by Gasteiger charge is -2.21. The first-order valence-corrected chi connectivity index (χ1v) is 8.49. The first kappa shape index (κ1) is 20.0. The monoisotopic (exact) mass is 370 g/mol. The number of amides is 2. The van der Waals surface area contributed by atoms with Crippen LogP contribution in [0, 0.1) is 0 Å². The van der Waals surface area contributed by atoms with Gasteiger partial charge in [0.15, 0.2) is 0 Å². The number of methoxy groups -OCH3 is 1. The van der Waals surface area contributed by atoms with Crippen molar-refractivity contribution in [1.82, 2.24) is 10.6 Å². The number of rotatable bonds is 8. The van der Waals surface area contributed by atoms with Crippen molar-refractivity contribution in [1.29, 1.82) is 0 Å². The molecule has 2 rings (SSSR count). The zero-order chi connectivity index (χ0) is 19.8. The second kappa shape index (κ2) is 9.38. The molecule has 142 valence electrons. The van der Waals surface area contributed by atoms with Crippen molar-refractivity contribution in [2.24, 2.45) is 0 Å². The Morgan fingerprint density at radius 1 is 1.00 bits per heavy atom. The molecule has 0 aromatic heterocycles. The van der Waals surface area contributed by atoms with Crippen LogP contribution in [0.2, 0.25) is 0 Å². The maximum Gasteiger partial charge on any atom is 0.326 e. The summed E-state index contributed by atoms with van der Waals surface area (Å²) in [6.07, 6.45) is 0.231. The quantitative estimate of drug-likeness (QED) is 0.660. The third-order valence-electron chi connectivity index (χ3n) is 4.05. The van der Waals surface area contributed by atoms with Crippen molar-refractivity contribution >= 4 is 17.8 Å². The number of benzene rings is 2. The van der Waals surface area contributed by atoms with E-state index in [1.165, 1.54) is 7.11 Å². The molecule has 27 heavy (non-hydrogen) atoms. The highest BCUT2D eigenvalue weighted by molar-refractivity contribution is 5.98. The Morgan fingerprint density at radius 3 is 2.15 bits per heavy atom. The van der Waals surface area contributed by atoms with E-state index in [4.69, 9.17) is 9.84 Å². The predicted octanol–water partition coefficient (Wildman–Crippen LogP) is 2.15. The summed E-state index contributed by atoms with van der Waals surface area (Å²) in [5, 5.41) is 14.3. The van der Waals surface area contributed by atoms with Gasteiger partial charge in [-0.25, -0.2) is 4.79 Å². The van der Waals surface area contributed by atoms with E-state index in [9.17, 15) is 14.4 Å². The number of hydrogen-bond donors (Lipinski definition) is 3. The first-order valence-electron chi connectivity index (χ1n) is 8.49. The van der Waals surface area contributed by atoms with Crippen molar-refractivity contribution in [3.63, 3.8) is 0 Å². The van der Waals surface area contributed by atoms with Gasteiger partial charge in [0.05, 0.1) is 7.11 Å². The minimum absolute atomic E-state index is 0.231. The van der Waals surface area contributed by atoms with Gasteiger partial charge in [-0.05, 0) is 36.2 Å². The number of carboxylic acid groups (broad SMARTS) is 1. The van der Waals surface area contributed by atoms with Gasteiger partial charge in [0.1, 0.15) is 17.8 Å². The fourth-order valence-electron chi connectivity index (χ4n) is 2.50. The molecule has 0 aliphatic carbocycles. The van der Waals surface area contributed by atoms with Crippen LogP contribution in [0.25, 0.3) is 0 Å². The number of nitrogens with one attached hydrogen (secondary N) is 2. The molecule has 7 heteroatoms. The molecule has 2 amide bonds. The highest BCUT2D eigenvalue weighted by Crippen LogP contribution is 2.16. The lowest BCUT2D eigenvalue weighted by Crippen LogP contribution is -2.47. The molecule has 0 bridgehead atoms. The van der Waals surface area contributed by atoms with Crippen LogP contribution in [-0.4, -0.2) is 36.0 Å². The Kier molecular flexibility index (Phi) is 6.93. The normalized spacial score (nSPS) is 12.5. The topological polar surface area (TPSA) is 105 Å². The van der Waals surface area contributed by atoms with Gasteiger partial charge in [0.25, 0.3) is 5.91 Å². The van der Waals surface area contributed by atoms with Gasteiger partial charge in [0.2, 0.25) is 5.91 Å². The van der Waals surface area contributed by atoms with Crippen LogP contribution in [0.1, 0.15) is 35.3 Å². The summed E-state index contributed by atoms with van der Waals surface area (Å²) in [7, 11) is 1.53. The average Bonchev–Trinajstić information content (AvgIpc) is 2.70. The third kappa shape index (κ3) is 5.31. The molecule has 0 saturated carbocycles. The Hall–Kier alpha value is -3.35. The molecule has 0 aliphatic rings. The van der Waals surface area contributed by atoms with Crippen molar-refractivity contribution in [3.8, 4) is 5.75 Å².